The Kier molecular flexibility index (Phi) is 3.63. The van der Waals surface area contributed by atoms with Gasteiger partial charge in [0.15, 0.2) is 0 Å². The molecule has 1 N–H and O–H groups in total. The van der Waals surface area contributed by atoms with Crippen molar-refractivity contribution in [1.82, 2.24) is 10.2 Å². The normalized spacial score (nSPS) is 35.2. The van der Waals surface area contributed by atoms with Crippen LogP contribution in [-0.2, 0) is 9.59 Å². The standard InChI is InChI=1S/C15H26N2O2/c1-5-15(4)13(19)17(9-7-12(18)16-15)11-6-8-14(2,3)10-11/h11H,5-10H2,1-4H3,(H,16,18). The van der Waals surface area contributed by atoms with Crippen LogP contribution in [0.15, 0.2) is 0 Å². The van der Waals surface area contributed by atoms with Crippen molar-refractivity contribution in [2.45, 2.75) is 71.4 Å². The highest BCUT2D eigenvalue weighted by atomic mass is 16.2. The minimum Gasteiger partial charge on any atom is -0.342 e. The molecule has 1 heterocycles. The summed E-state index contributed by atoms with van der Waals surface area (Å²) in [4.78, 5) is 26.5. The Balaban J connectivity index is 2.20. The van der Waals surface area contributed by atoms with Crippen molar-refractivity contribution in [3.63, 3.8) is 0 Å². The van der Waals surface area contributed by atoms with Crippen LogP contribution >= 0.6 is 0 Å². The minimum atomic E-state index is -0.722. The van der Waals surface area contributed by atoms with Crippen LogP contribution in [0.5, 0.6) is 0 Å². The van der Waals surface area contributed by atoms with Crippen LogP contribution in [-0.4, -0.2) is 34.8 Å². The van der Waals surface area contributed by atoms with Gasteiger partial charge in [0.1, 0.15) is 5.54 Å². The molecular weight excluding hydrogens is 240 g/mol. The van der Waals surface area contributed by atoms with Gasteiger partial charge in [-0.15, -0.1) is 0 Å². The Morgan fingerprint density at radius 1 is 1.32 bits per heavy atom. The lowest BCUT2D eigenvalue weighted by atomic mass is 9.91. The summed E-state index contributed by atoms with van der Waals surface area (Å²) in [6, 6.07) is 0.307. The molecule has 2 atom stereocenters. The topological polar surface area (TPSA) is 49.4 Å². The molecular formula is C15H26N2O2. The van der Waals surface area contributed by atoms with E-state index in [0.717, 1.165) is 19.3 Å². The van der Waals surface area contributed by atoms with Crippen LogP contribution in [0.1, 0.15) is 59.8 Å². The molecule has 0 spiro atoms. The summed E-state index contributed by atoms with van der Waals surface area (Å²) in [6.45, 7) is 8.91. The third-order valence-corrected chi connectivity index (χ3v) is 4.82. The molecule has 1 saturated heterocycles. The van der Waals surface area contributed by atoms with Gasteiger partial charge in [-0.1, -0.05) is 20.8 Å². The monoisotopic (exact) mass is 266 g/mol. The molecule has 2 rings (SSSR count). The van der Waals surface area contributed by atoms with Gasteiger partial charge in [0.2, 0.25) is 11.8 Å². The first-order valence-corrected chi connectivity index (χ1v) is 7.39. The Bertz CT molecular complexity index is 392. The van der Waals surface area contributed by atoms with Crippen molar-refractivity contribution < 1.29 is 9.59 Å². The molecule has 19 heavy (non-hydrogen) atoms. The van der Waals surface area contributed by atoms with E-state index in [1.807, 2.05) is 18.7 Å². The average Bonchev–Trinajstić information content (AvgIpc) is 2.63. The maximum atomic E-state index is 12.8. The lowest BCUT2D eigenvalue weighted by molar-refractivity contribution is -0.140. The number of hydrogen-bond donors (Lipinski definition) is 1. The Morgan fingerprint density at radius 2 is 2.00 bits per heavy atom. The average molecular weight is 266 g/mol. The van der Waals surface area contributed by atoms with Crippen LogP contribution in [0.25, 0.3) is 0 Å². The molecule has 108 valence electrons. The van der Waals surface area contributed by atoms with Gasteiger partial charge in [0, 0.05) is 19.0 Å². The van der Waals surface area contributed by atoms with Crippen molar-refractivity contribution in [2.24, 2.45) is 5.41 Å². The molecule has 0 aromatic heterocycles. The van der Waals surface area contributed by atoms with E-state index >= 15 is 0 Å². The summed E-state index contributed by atoms with van der Waals surface area (Å²) in [7, 11) is 0. The number of carbonyl (C=O) groups excluding carboxylic acids is 2. The predicted molar refractivity (Wildman–Crippen MR) is 74.6 cm³/mol. The fraction of sp³-hybridized carbons (Fsp3) is 0.867. The van der Waals surface area contributed by atoms with E-state index in [9.17, 15) is 9.59 Å². The lowest BCUT2D eigenvalue weighted by Crippen LogP contribution is -2.56. The van der Waals surface area contributed by atoms with Crippen LogP contribution < -0.4 is 5.32 Å². The zero-order valence-electron chi connectivity index (χ0n) is 12.6. The smallest absolute Gasteiger partial charge is 0.248 e. The number of carbonyl (C=O) groups is 2. The van der Waals surface area contributed by atoms with Gasteiger partial charge in [0.05, 0.1) is 0 Å². The second-order valence-corrected chi connectivity index (χ2v) is 7.04. The van der Waals surface area contributed by atoms with Crippen molar-refractivity contribution in [2.75, 3.05) is 6.54 Å². The Labute approximate surface area is 115 Å². The predicted octanol–water partition coefficient (Wildman–Crippen LogP) is 2.08. The highest BCUT2D eigenvalue weighted by molar-refractivity contribution is 5.93. The summed E-state index contributed by atoms with van der Waals surface area (Å²) >= 11 is 0. The van der Waals surface area contributed by atoms with Gasteiger partial charge in [-0.3, -0.25) is 9.59 Å². The van der Waals surface area contributed by atoms with Gasteiger partial charge >= 0.3 is 0 Å². The highest BCUT2D eigenvalue weighted by Crippen LogP contribution is 2.40. The Hall–Kier alpha value is -1.06. The van der Waals surface area contributed by atoms with Crippen LogP contribution in [0.4, 0.5) is 0 Å². The largest absolute Gasteiger partial charge is 0.342 e. The fourth-order valence-electron chi connectivity index (χ4n) is 3.32. The first-order valence-electron chi connectivity index (χ1n) is 7.39. The summed E-state index contributed by atoms with van der Waals surface area (Å²) < 4.78 is 0. The molecule has 2 unspecified atom stereocenters. The SMILES string of the molecule is CCC1(C)NC(=O)CCN(C2CCC(C)(C)C2)C1=O. The lowest BCUT2D eigenvalue weighted by Gasteiger charge is -2.35. The number of nitrogens with zero attached hydrogens (tertiary/aromatic N) is 1. The summed E-state index contributed by atoms with van der Waals surface area (Å²) in [5.74, 6) is 0.0982. The molecule has 4 heteroatoms. The zero-order valence-corrected chi connectivity index (χ0v) is 12.6. The van der Waals surface area contributed by atoms with Gasteiger partial charge < -0.3 is 10.2 Å². The van der Waals surface area contributed by atoms with E-state index < -0.39 is 5.54 Å². The molecule has 2 amide bonds. The molecule has 0 radical (unpaired) electrons. The fourth-order valence-corrected chi connectivity index (χ4v) is 3.32. The number of amides is 2. The molecule has 1 aliphatic carbocycles. The molecule has 0 aromatic carbocycles. The Morgan fingerprint density at radius 3 is 2.53 bits per heavy atom. The second-order valence-electron chi connectivity index (χ2n) is 7.04. The van der Waals surface area contributed by atoms with Crippen molar-refractivity contribution >= 4 is 11.8 Å². The van der Waals surface area contributed by atoms with Gasteiger partial charge in [-0.25, -0.2) is 0 Å². The van der Waals surface area contributed by atoms with Gasteiger partial charge in [-0.2, -0.15) is 0 Å². The van der Waals surface area contributed by atoms with E-state index in [-0.39, 0.29) is 11.8 Å². The van der Waals surface area contributed by atoms with Crippen molar-refractivity contribution in [3.05, 3.63) is 0 Å². The first kappa shape index (κ1) is 14.4. The third kappa shape index (κ3) is 2.77. The maximum Gasteiger partial charge on any atom is 0.248 e. The van der Waals surface area contributed by atoms with Crippen LogP contribution in [0.2, 0.25) is 0 Å². The van der Waals surface area contributed by atoms with E-state index in [1.54, 1.807) is 0 Å². The minimum absolute atomic E-state index is 0.00235. The summed E-state index contributed by atoms with van der Waals surface area (Å²) in [5, 5.41) is 2.90. The molecule has 1 saturated carbocycles. The highest BCUT2D eigenvalue weighted by Gasteiger charge is 2.44. The van der Waals surface area contributed by atoms with Crippen LogP contribution in [0.3, 0.4) is 0 Å². The van der Waals surface area contributed by atoms with Crippen molar-refractivity contribution in [3.8, 4) is 0 Å². The maximum absolute atomic E-state index is 12.8. The van der Waals surface area contributed by atoms with Crippen molar-refractivity contribution in [1.29, 1.82) is 0 Å². The third-order valence-electron chi connectivity index (χ3n) is 4.82. The van der Waals surface area contributed by atoms with E-state index in [4.69, 9.17) is 0 Å². The van der Waals surface area contributed by atoms with E-state index in [2.05, 4.69) is 19.2 Å². The summed E-state index contributed by atoms with van der Waals surface area (Å²) in [5.41, 5.74) is -0.405. The molecule has 2 aliphatic rings. The molecule has 1 aliphatic heterocycles. The number of nitrogens with one attached hydrogen (secondary N) is 1. The quantitative estimate of drug-likeness (QED) is 0.832. The molecule has 2 fully saturated rings. The first-order chi connectivity index (χ1) is 8.77. The number of rotatable bonds is 2. The molecule has 4 nitrogen and oxygen atoms in total. The molecule has 0 bridgehead atoms. The molecule has 0 aromatic rings. The van der Waals surface area contributed by atoms with E-state index in [1.165, 1.54) is 0 Å². The van der Waals surface area contributed by atoms with Gasteiger partial charge in [0.25, 0.3) is 0 Å². The number of hydrogen-bond acceptors (Lipinski definition) is 2. The zero-order chi connectivity index (χ0) is 14.3. The van der Waals surface area contributed by atoms with E-state index in [0.29, 0.717) is 30.8 Å². The van der Waals surface area contributed by atoms with Crippen LogP contribution in [0, 0.1) is 5.41 Å². The summed E-state index contributed by atoms with van der Waals surface area (Å²) in [6.07, 6.45) is 4.34. The van der Waals surface area contributed by atoms with Gasteiger partial charge in [-0.05, 0) is 38.0 Å². The second kappa shape index (κ2) is 4.80.